The monoisotopic (exact) mass is 228 g/mol. The summed E-state index contributed by atoms with van der Waals surface area (Å²) in [4.78, 5) is 36.8. The molecule has 2 rings (SSSR count). The molecule has 5 nitrogen and oxygen atoms in total. The quantitative estimate of drug-likeness (QED) is 0.606. The molecule has 0 spiro atoms. The molecule has 2 heterocycles. The first-order valence-corrected chi connectivity index (χ1v) is 5.64. The predicted octanol–water partition coefficient (Wildman–Crippen LogP) is 0.301. The Morgan fingerprint density at radius 3 is 2.67 bits per heavy atom. The van der Waals surface area contributed by atoms with E-state index in [1.165, 1.54) is 25.7 Å². The number of likely N-dealkylation sites (N-methyl/N-ethyl adjacent to an activating group) is 1. The third-order valence-electron chi connectivity index (χ3n) is 2.74. The van der Waals surface area contributed by atoms with Crippen molar-refractivity contribution in [3.63, 3.8) is 0 Å². The molecule has 2 fully saturated rings. The molecular formula is C9H12N2O3S. The molecule has 0 aromatic carbocycles. The van der Waals surface area contributed by atoms with E-state index in [-0.39, 0.29) is 28.3 Å². The normalized spacial score (nSPS) is 30.0. The molecule has 2 aliphatic heterocycles. The molecule has 0 saturated carbocycles. The van der Waals surface area contributed by atoms with Gasteiger partial charge in [-0.15, -0.1) is 0 Å². The number of imide groups is 1. The van der Waals surface area contributed by atoms with Crippen molar-refractivity contribution in [2.75, 3.05) is 13.6 Å². The fourth-order valence-corrected chi connectivity index (χ4v) is 3.06. The van der Waals surface area contributed by atoms with Crippen molar-refractivity contribution < 1.29 is 14.4 Å². The summed E-state index contributed by atoms with van der Waals surface area (Å²) in [6, 6.07) is -0.573. The number of carbonyl (C=O) groups is 3. The SMILES string of the molecule is CC(=O)SC1CC2C(=O)N(C)C(=O)N2C1. The molecule has 6 heteroatoms. The van der Waals surface area contributed by atoms with Gasteiger partial charge in [-0.3, -0.25) is 14.5 Å². The molecule has 0 aromatic rings. The molecule has 0 bridgehead atoms. The average Bonchev–Trinajstić information content (AvgIpc) is 2.63. The molecular weight excluding hydrogens is 216 g/mol. The first kappa shape index (κ1) is 10.5. The predicted molar refractivity (Wildman–Crippen MR) is 55.3 cm³/mol. The van der Waals surface area contributed by atoms with Gasteiger partial charge in [-0.05, 0) is 6.42 Å². The van der Waals surface area contributed by atoms with Crippen LogP contribution in [0.15, 0.2) is 0 Å². The van der Waals surface area contributed by atoms with Crippen molar-refractivity contribution >= 4 is 28.8 Å². The minimum Gasteiger partial charge on any atom is -0.311 e. The van der Waals surface area contributed by atoms with Crippen LogP contribution in [0.2, 0.25) is 0 Å². The number of urea groups is 1. The van der Waals surface area contributed by atoms with Gasteiger partial charge < -0.3 is 4.90 Å². The van der Waals surface area contributed by atoms with E-state index >= 15 is 0 Å². The van der Waals surface area contributed by atoms with Gasteiger partial charge in [0.25, 0.3) is 5.91 Å². The van der Waals surface area contributed by atoms with Crippen LogP contribution in [0.1, 0.15) is 13.3 Å². The zero-order chi connectivity index (χ0) is 11.2. The van der Waals surface area contributed by atoms with Crippen LogP contribution in [0.3, 0.4) is 0 Å². The highest BCUT2D eigenvalue weighted by molar-refractivity contribution is 8.14. The Balaban J connectivity index is 2.08. The van der Waals surface area contributed by atoms with Crippen LogP contribution in [-0.2, 0) is 9.59 Å². The Labute approximate surface area is 91.8 Å². The number of thioether (sulfide) groups is 1. The lowest BCUT2D eigenvalue weighted by Gasteiger charge is -2.13. The largest absolute Gasteiger partial charge is 0.327 e. The first-order valence-electron chi connectivity index (χ1n) is 4.76. The average molecular weight is 228 g/mol. The molecule has 0 aromatic heterocycles. The number of nitrogens with zero attached hydrogens (tertiary/aromatic N) is 2. The fourth-order valence-electron chi connectivity index (χ4n) is 2.07. The third kappa shape index (κ3) is 1.62. The van der Waals surface area contributed by atoms with Crippen molar-refractivity contribution in [1.82, 2.24) is 9.80 Å². The molecule has 3 amide bonds. The maximum atomic E-state index is 11.6. The fraction of sp³-hybridized carbons (Fsp3) is 0.667. The van der Waals surface area contributed by atoms with Gasteiger partial charge >= 0.3 is 6.03 Å². The summed E-state index contributed by atoms with van der Waals surface area (Å²) < 4.78 is 0. The lowest BCUT2D eigenvalue weighted by atomic mass is 10.2. The Morgan fingerprint density at radius 1 is 1.47 bits per heavy atom. The van der Waals surface area contributed by atoms with E-state index in [1.54, 1.807) is 4.90 Å². The molecule has 82 valence electrons. The van der Waals surface area contributed by atoms with Crippen LogP contribution < -0.4 is 0 Å². The number of fused-ring (bicyclic) bond motifs is 1. The van der Waals surface area contributed by atoms with E-state index < -0.39 is 0 Å². The van der Waals surface area contributed by atoms with Crippen LogP contribution in [-0.4, -0.2) is 51.7 Å². The van der Waals surface area contributed by atoms with E-state index in [2.05, 4.69) is 0 Å². The summed E-state index contributed by atoms with van der Waals surface area (Å²) >= 11 is 1.22. The Hall–Kier alpha value is -1.04. The standard InChI is InChI=1S/C9H12N2O3S/c1-5(12)15-6-3-7-8(13)10(2)9(14)11(7)4-6/h6-7H,3-4H2,1-2H3. The number of rotatable bonds is 1. The molecule has 0 radical (unpaired) electrons. The van der Waals surface area contributed by atoms with Gasteiger partial charge in [0.1, 0.15) is 6.04 Å². The third-order valence-corrected chi connectivity index (χ3v) is 3.75. The van der Waals surface area contributed by atoms with E-state index in [4.69, 9.17) is 0 Å². The van der Waals surface area contributed by atoms with Crippen LogP contribution >= 0.6 is 11.8 Å². The van der Waals surface area contributed by atoms with Crippen molar-refractivity contribution in [3.8, 4) is 0 Å². The minimum atomic E-state index is -0.334. The molecule has 2 aliphatic rings. The van der Waals surface area contributed by atoms with Gasteiger partial charge in [0.15, 0.2) is 5.12 Å². The summed E-state index contributed by atoms with van der Waals surface area (Å²) in [7, 11) is 1.50. The van der Waals surface area contributed by atoms with Crippen LogP contribution in [0.4, 0.5) is 4.79 Å². The molecule has 15 heavy (non-hydrogen) atoms. The number of hydrogen-bond acceptors (Lipinski definition) is 4. The van der Waals surface area contributed by atoms with Crippen LogP contribution in [0.25, 0.3) is 0 Å². The number of carbonyl (C=O) groups excluding carboxylic acids is 3. The van der Waals surface area contributed by atoms with Crippen molar-refractivity contribution in [2.45, 2.75) is 24.6 Å². The highest BCUT2D eigenvalue weighted by atomic mass is 32.2. The summed E-state index contributed by atoms with van der Waals surface area (Å²) in [5.74, 6) is -0.147. The summed E-state index contributed by atoms with van der Waals surface area (Å²) in [5, 5.41) is 0.114. The highest BCUT2D eigenvalue weighted by Crippen LogP contribution is 2.32. The van der Waals surface area contributed by atoms with Gasteiger partial charge in [0.05, 0.1) is 0 Å². The number of amides is 3. The van der Waals surface area contributed by atoms with E-state index in [0.29, 0.717) is 13.0 Å². The molecule has 0 aliphatic carbocycles. The summed E-state index contributed by atoms with van der Waals surface area (Å²) in [5.41, 5.74) is 0. The van der Waals surface area contributed by atoms with Gasteiger partial charge in [-0.2, -0.15) is 0 Å². The Morgan fingerprint density at radius 2 is 2.13 bits per heavy atom. The molecule has 0 N–H and O–H groups in total. The second-order valence-electron chi connectivity index (χ2n) is 3.82. The zero-order valence-corrected chi connectivity index (χ0v) is 9.41. The number of hydrogen-bond donors (Lipinski definition) is 0. The topological polar surface area (TPSA) is 57.7 Å². The van der Waals surface area contributed by atoms with Crippen molar-refractivity contribution in [1.29, 1.82) is 0 Å². The van der Waals surface area contributed by atoms with Crippen LogP contribution in [0.5, 0.6) is 0 Å². The molecule has 2 unspecified atom stereocenters. The maximum Gasteiger partial charge on any atom is 0.327 e. The lowest BCUT2D eigenvalue weighted by Crippen LogP contribution is -2.31. The van der Waals surface area contributed by atoms with E-state index in [9.17, 15) is 14.4 Å². The van der Waals surface area contributed by atoms with Crippen molar-refractivity contribution in [3.05, 3.63) is 0 Å². The maximum absolute atomic E-state index is 11.6. The Bertz CT molecular complexity index is 320. The summed E-state index contributed by atoms with van der Waals surface area (Å²) in [6.07, 6.45) is 0.596. The zero-order valence-electron chi connectivity index (χ0n) is 8.60. The highest BCUT2D eigenvalue weighted by Gasteiger charge is 2.49. The second kappa shape index (κ2) is 3.52. The molecule has 2 atom stereocenters. The van der Waals surface area contributed by atoms with Gasteiger partial charge in [0.2, 0.25) is 0 Å². The van der Waals surface area contributed by atoms with Crippen LogP contribution in [0, 0.1) is 0 Å². The Kier molecular flexibility index (Phi) is 2.46. The second-order valence-corrected chi connectivity index (χ2v) is 5.29. The minimum absolute atomic E-state index is 0.0365. The first-order chi connectivity index (χ1) is 7.00. The van der Waals surface area contributed by atoms with E-state index in [0.717, 1.165) is 4.90 Å². The smallest absolute Gasteiger partial charge is 0.311 e. The van der Waals surface area contributed by atoms with Crippen molar-refractivity contribution in [2.24, 2.45) is 0 Å². The summed E-state index contributed by atoms with van der Waals surface area (Å²) in [6.45, 7) is 2.01. The van der Waals surface area contributed by atoms with Gasteiger partial charge in [-0.1, -0.05) is 11.8 Å². The van der Waals surface area contributed by atoms with Gasteiger partial charge in [0, 0.05) is 25.8 Å². The molecule has 2 saturated heterocycles. The van der Waals surface area contributed by atoms with E-state index in [1.807, 2.05) is 0 Å². The van der Waals surface area contributed by atoms with Gasteiger partial charge in [-0.25, -0.2) is 4.79 Å². The lowest BCUT2D eigenvalue weighted by molar-refractivity contribution is -0.127.